The molecule has 6 heteroatoms. The number of fused-ring (bicyclic) bond motifs is 1. The van der Waals surface area contributed by atoms with Crippen LogP contribution in [-0.2, 0) is 11.3 Å². The third kappa shape index (κ3) is 3.90. The standard InChI is InChI=1S/C20H21BrN4O/c21-14-8-19(18-12-23-25-20(18)9-14)22-11-13-3-1-4-15(7-13)24-16-5-2-6-17(26)10-16/h1,3-4,7-9,12,16,22,24H,2,5-6,10-11H2,(H,23,25). The van der Waals surface area contributed by atoms with Crippen LogP contribution in [0.5, 0.6) is 0 Å². The molecule has 134 valence electrons. The number of halogens is 1. The van der Waals surface area contributed by atoms with E-state index in [4.69, 9.17) is 0 Å². The smallest absolute Gasteiger partial charge is 0.134 e. The highest BCUT2D eigenvalue weighted by molar-refractivity contribution is 9.10. The van der Waals surface area contributed by atoms with Gasteiger partial charge in [-0.2, -0.15) is 5.10 Å². The van der Waals surface area contributed by atoms with Gasteiger partial charge >= 0.3 is 0 Å². The summed E-state index contributed by atoms with van der Waals surface area (Å²) in [5.74, 6) is 0.366. The molecule has 1 saturated carbocycles. The van der Waals surface area contributed by atoms with Gasteiger partial charge in [-0.3, -0.25) is 9.89 Å². The lowest BCUT2D eigenvalue weighted by Gasteiger charge is -2.23. The number of Topliss-reactive ketones (excluding diaryl/α,β-unsaturated/α-hetero) is 1. The summed E-state index contributed by atoms with van der Waals surface area (Å²) < 4.78 is 1.01. The van der Waals surface area contributed by atoms with Gasteiger partial charge in [0.05, 0.1) is 11.7 Å². The number of rotatable bonds is 5. The summed E-state index contributed by atoms with van der Waals surface area (Å²) in [7, 11) is 0. The number of hydrogen-bond donors (Lipinski definition) is 3. The van der Waals surface area contributed by atoms with E-state index in [0.29, 0.717) is 12.2 Å². The van der Waals surface area contributed by atoms with Crippen molar-refractivity contribution in [3.05, 3.63) is 52.6 Å². The van der Waals surface area contributed by atoms with Crippen LogP contribution in [0.25, 0.3) is 10.9 Å². The molecule has 0 radical (unpaired) electrons. The lowest BCUT2D eigenvalue weighted by molar-refractivity contribution is -0.120. The Morgan fingerprint density at radius 2 is 2.19 bits per heavy atom. The molecule has 1 atom stereocenters. The summed E-state index contributed by atoms with van der Waals surface area (Å²) in [6.07, 6.45) is 5.25. The molecule has 1 aliphatic rings. The first-order valence-corrected chi connectivity index (χ1v) is 9.70. The molecule has 1 aromatic heterocycles. The number of hydrogen-bond acceptors (Lipinski definition) is 4. The average Bonchev–Trinajstić information content (AvgIpc) is 3.08. The van der Waals surface area contributed by atoms with Crippen LogP contribution in [0.4, 0.5) is 11.4 Å². The van der Waals surface area contributed by atoms with Gasteiger partial charge in [0.1, 0.15) is 5.78 Å². The maximum Gasteiger partial charge on any atom is 0.134 e. The summed E-state index contributed by atoms with van der Waals surface area (Å²) in [5.41, 5.74) is 4.30. The van der Waals surface area contributed by atoms with Crippen molar-refractivity contribution in [1.82, 2.24) is 10.2 Å². The minimum Gasteiger partial charge on any atom is -0.382 e. The first-order chi connectivity index (χ1) is 12.7. The fourth-order valence-electron chi connectivity index (χ4n) is 3.51. The number of H-pyrrole nitrogens is 1. The minimum absolute atomic E-state index is 0.259. The quantitative estimate of drug-likeness (QED) is 0.559. The van der Waals surface area contributed by atoms with Gasteiger partial charge in [0.2, 0.25) is 0 Å². The molecule has 1 fully saturated rings. The first kappa shape index (κ1) is 17.1. The van der Waals surface area contributed by atoms with Crippen LogP contribution in [0.15, 0.2) is 47.1 Å². The summed E-state index contributed by atoms with van der Waals surface area (Å²) >= 11 is 3.54. The van der Waals surface area contributed by atoms with Crippen LogP contribution in [0, 0.1) is 0 Å². The van der Waals surface area contributed by atoms with Gasteiger partial charge in [-0.25, -0.2) is 0 Å². The van der Waals surface area contributed by atoms with Crippen molar-refractivity contribution in [3.63, 3.8) is 0 Å². The van der Waals surface area contributed by atoms with E-state index in [2.05, 4.69) is 67.1 Å². The van der Waals surface area contributed by atoms with E-state index in [0.717, 1.165) is 52.6 Å². The molecule has 5 nitrogen and oxygen atoms in total. The Balaban J connectivity index is 1.45. The van der Waals surface area contributed by atoms with E-state index in [-0.39, 0.29) is 6.04 Å². The molecule has 1 aliphatic carbocycles. The third-order valence-corrected chi connectivity index (χ3v) is 5.24. The van der Waals surface area contributed by atoms with E-state index in [9.17, 15) is 4.79 Å². The Morgan fingerprint density at radius 1 is 1.27 bits per heavy atom. The van der Waals surface area contributed by atoms with Crippen molar-refractivity contribution in [2.45, 2.75) is 38.3 Å². The van der Waals surface area contributed by atoms with E-state index < -0.39 is 0 Å². The number of nitrogens with one attached hydrogen (secondary N) is 3. The Hall–Kier alpha value is -2.34. The molecule has 0 bridgehead atoms. The molecule has 0 aliphatic heterocycles. The molecule has 26 heavy (non-hydrogen) atoms. The lowest BCUT2D eigenvalue weighted by atomic mass is 9.94. The number of benzene rings is 2. The topological polar surface area (TPSA) is 69.8 Å². The summed E-state index contributed by atoms with van der Waals surface area (Å²) in [6.45, 7) is 0.718. The Bertz CT molecular complexity index is 936. The molecular formula is C20H21BrN4O. The summed E-state index contributed by atoms with van der Waals surface area (Å²) in [6, 6.07) is 12.7. The number of carbonyl (C=O) groups excluding carboxylic acids is 1. The first-order valence-electron chi connectivity index (χ1n) is 8.91. The monoisotopic (exact) mass is 412 g/mol. The van der Waals surface area contributed by atoms with E-state index in [1.54, 1.807) is 0 Å². The van der Waals surface area contributed by atoms with E-state index in [1.165, 1.54) is 5.56 Å². The summed E-state index contributed by atoms with van der Waals surface area (Å²) in [5, 5.41) is 15.2. The molecule has 0 amide bonds. The molecular weight excluding hydrogens is 392 g/mol. The Kier molecular flexibility index (Phi) is 4.93. The van der Waals surface area contributed by atoms with Gasteiger partial charge in [-0.15, -0.1) is 0 Å². The number of carbonyl (C=O) groups is 1. The Morgan fingerprint density at radius 3 is 3.08 bits per heavy atom. The van der Waals surface area contributed by atoms with E-state index in [1.807, 2.05) is 12.3 Å². The van der Waals surface area contributed by atoms with Gasteiger partial charge in [-0.05, 0) is 42.7 Å². The van der Waals surface area contributed by atoms with Crippen LogP contribution in [-0.4, -0.2) is 22.0 Å². The number of anilines is 2. The van der Waals surface area contributed by atoms with Gasteiger partial charge in [0.25, 0.3) is 0 Å². The zero-order valence-corrected chi connectivity index (χ0v) is 16.0. The van der Waals surface area contributed by atoms with Gasteiger partial charge < -0.3 is 10.6 Å². The van der Waals surface area contributed by atoms with Crippen LogP contribution in [0.1, 0.15) is 31.2 Å². The predicted octanol–water partition coefficient (Wildman–Crippen LogP) is 4.86. The number of aromatic nitrogens is 2. The zero-order valence-electron chi connectivity index (χ0n) is 14.4. The van der Waals surface area contributed by atoms with Crippen molar-refractivity contribution < 1.29 is 4.79 Å². The van der Waals surface area contributed by atoms with Gasteiger partial charge in [0, 0.05) is 46.7 Å². The van der Waals surface area contributed by atoms with Crippen molar-refractivity contribution >= 4 is 44.0 Å². The Labute approximate surface area is 160 Å². The number of ketones is 1. The normalized spacial score (nSPS) is 17.4. The summed E-state index contributed by atoms with van der Waals surface area (Å²) in [4.78, 5) is 11.6. The third-order valence-electron chi connectivity index (χ3n) is 4.79. The highest BCUT2D eigenvalue weighted by Crippen LogP contribution is 2.27. The van der Waals surface area contributed by atoms with Crippen molar-refractivity contribution in [2.75, 3.05) is 10.6 Å². The van der Waals surface area contributed by atoms with Crippen LogP contribution >= 0.6 is 15.9 Å². The molecule has 1 heterocycles. The van der Waals surface area contributed by atoms with Crippen LogP contribution in [0.3, 0.4) is 0 Å². The molecule has 0 spiro atoms. The minimum atomic E-state index is 0.259. The molecule has 1 unspecified atom stereocenters. The zero-order chi connectivity index (χ0) is 17.9. The fraction of sp³-hybridized carbons (Fsp3) is 0.300. The number of aromatic amines is 1. The van der Waals surface area contributed by atoms with Crippen molar-refractivity contribution in [3.8, 4) is 0 Å². The molecule has 3 aromatic rings. The fourth-order valence-corrected chi connectivity index (χ4v) is 3.97. The van der Waals surface area contributed by atoms with E-state index >= 15 is 0 Å². The van der Waals surface area contributed by atoms with Crippen LogP contribution in [0.2, 0.25) is 0 Å². The second kappa shape index (κ2) is 7.50. The SMILES string of the molecule is O=C1CCCC(Nc2cccc(CNc3cc(Br)cc4[nH]ncc34)c2)C1. The number of nitrogens with zero attached hydrogens (tertiary/aromatic N) is 1. The van der Waals surface area contributed by atoms with Crippen LogP contribution < -0.4 is 10.6 Å². The maximum atomic E-state index is 11.6. The molecule has 4 rings (SSSR count). The predicted molar refractivity (Wildman–Crippen MR) is 108 cm³/mol. The van der Waals surface area contributed by atoms with Crippen molar-refractivity contribution in [1.29, 1.82) is 0 Å². The van der Waals surface area contributed by atoms with Gasteiger partial charge in [0.15, 0.2) is 0 Å². The van der Waals surface area contributed by atoms with Crippen molar-refractivity contribution in [2.24, 2.45) is 0 Å². The highest BCUT2D eigenvalue weighted by Gasteiger charge is 2.19. The average molecular weight is 413 g/mol. The molecule has 0 saturated heterocycles. The largest absolute Gasteiger partial charge is 0.382 e. The molecule has 2 aromatic carbocycles. The second-order valence-corrected chi connectivity index (χ2v) is 7.73. The molecule has 3 N–H and O–H groups in total. The highest BCUT2D eigenvalue weighted by atomic mass is 79.9. The lowest BCUT2D eigenvalue weighted by Crippen LogP contribution is -2.27. The van der Waals surface area contributed by atoms with Gasteiger partial charge in [-0.1, -0.05) is 28.1 Å². The maximum absolute atomic E-state index is 11.6. The second-order valence-electron chi connectivity index (χ2n) is 6.81.